The van der Waals surface area contributed by atoms with E-state index in [0.29, 0.717) is 12.2 Å². The average molecular weight is 656 g/mol. The standard InChI is InChI=1S/C24H38N3O6Si.3CH3.Sn/c1-23(2,3)32-21(29)26-20(27-22(30)33-24(4,5)6)25-16-17-10-12-18(13-11-17)19(28)31-14-15-34(7,8)9;;;;/h10,12-13H,14-16H2,1-9H3,(H2,25,26,27,29,30);3*1H3;. The van der Waals surface area contributed by atoms with Gasteiger partial charge >= 0.3 is 234 Å². The van der Waals surface area contributed by atoms with Gasteiger partial charge in [-0.05, 0) is 0 Å². The first-order valence-electron chi connectivity index (χ1n) is 12.9. The topological polar surface area (TPSA) is 115 Å². The van der Waals surface area contributed by atoms with E-state index in [0.717, 1.165) is 15.2 Å². The third-order valence-corrected chi connectivity index (χ3v) is 12.5. The van der Waals surface area contributed by atoms with Gasteiger partial charge < -0.3 is 0 Å². The molecule has 0 saturated heterocycles. The Kier molecular flexibility index (Phi) is 11.9. The number of nitrogens with one attached hydrogen (secondary N) is 2. The van der Waals surface area contributed by atoms with E-state index < -0.39 is 49.8 Å². The number of hydrogen-bond acceptors (Lipinski definition) is 7. The maximum absolute atomic E-state index is 12.7. The molecule has 1 aromatic rings. The monoisotopic (exact) mass is 657 g/mol. The Hall–Kier alpha value is -2.08. The molecule has 0 radical (unpaired) electrons. The molecular weight excluding hydrogens is 609 g/mol. The van der Waals surface area contributed by atoms with Gasteiger partial charge in [0, 0.05) is 0 Å². The fourth-order valence-corrected chi connectivity index (χ4v) is 8.75. The summed E-state index contributed by atoms with van der Waals surface area (Å²) in [5, 5.41) is 5.01. The summed E-state index contributed by atoms with van der Waals surface area (Å²) in [6.45, 7) is 17.8. The summed E-state index contributed by atoms with van der Waals surface area (Å²) in [7, 11) is -1.31. The number of ether oxygens (including phenoxy) is 3. The molecule has 1 rings (SSSR count). The summed E-state index contributed by atoms with van der Waals surface area (Å²) in [5.41, 5.74) is -0.0152. The molecule has 0 aliphatic rings. The summed E-state index contributed by atoms with van der Waals surface area (Å²) in [6, 6.07) is 6.44. The summed E-state index contributed by atoms with van der Waals surface area (Å²) < 4.78 is 17.3. The van der Waals surface area contributed by atoms with Gasteiger partial charge in [0.2, 0.25) is 0 Å². The Labute approximate surface area is 233 Å². The van der Waals surface area contributed by atoms with Crippen LogP contribution < -0.4 is 14.2 Å². The molecule has 0 fully saturated rings. The average Bonchev–Trinajstić information content (AvgIpc) is 2.67. The summed E-state index contributed by atoms with van der Waals surface area (Å²) in [5.74, 6) is -0.410. The first kappa shape index (κ1) is 33.9. The van der Waals surface area contributed by atoms with Crippen molar-refractivity contribution >= 4 is 54.1 Å². The van der Waals surface area contributed by atoms with Gasteiger partial charge in [0.15, 0.2) is 0 Å². The van der Waals surface area contributed by atoms with Crippen LogP contribution >= 0.6 is 0 Å². The molecule has 9 nitrogen and oxygen atoms in total. The molecule has 0 bridgehead atoms. The molecule has 11 heteroatoms. The molecule has 0 aromatic heterocycles. The molecule has 38 heavy (non-hydrogen) atoms. The van der Waals surface area contributed by atoms with E-state index in [4.69, 9.17) is 14.2 Å². The molecule has 0 saturated carbocycles. The van der Waals surface area contributed by atoms with Crippen molar-refractivity contribution in [2.75, 3.05) is 6.61 Å². The zero-order chi connectivity index (χ0) is 29.5. The summed E-state index contributed by atoms with van der Waals surface area (Å²) in [4.78, 5) is 48.7. The molecule has 0 atom stereocenters. The van der Waals surface area contributed by atoms with Crippen LogP contribution in [0.25, 0.3) is 0 Å². The van der Waals surface area contributed by atoms with Gasteiger partial charge in [-0.1, -0.05) is 0 Å². The molecule has 0 aliphatic heterocycles. The van der Waals surface area contributed by atoms with Gasteiger partial charge in [0.25, 0.3) is 0 Å². The minimum absolute atomic E-state index is 0.0848. The van der Waals surface area contributed by atoms with Gasteiger partial charge in [0.05, 0.1) is 0 Å². The number of alkyl carbamates (subject to hydrolysis) is 2. The fourth-order valence-electron chi connectivity index (χ4n) is 3.15. The molecule has 0 aliphatic carbocycles. The number of rotatable bonds is 7. The van der Waals surface area contributed by atoms with Crippen LogP contribution in [-0.2, 0) is 20.8 Å². The Morgan fingerprint density at radius 3 is 1.82 bits per heavy atom. The van der Waals surface area contributed by atoms with Crippen LogP contribution in [-0.4, -0.2) is 68.4 Å². The second kappa shape index (κ2) is 13.3. The SMILES string of the molecule is CC(C)(C)OC(=O)NC(=NCc1ccc(C(=O)OCC[Si](C)(C)C)c[c]1[Sn]([CH3])([CH3])[CH3])NC(=O)OC(C)(C)C. The van der Waals surface area contributed by atoms with Crippen LogP contribution in [0.4, 0.5) is 9.59 Å². The molecule has 0 unspecified atom stereocenters. The Morgan fingerprint density at radius 1 is 0.895 bits per heavy atom. The molecule has 0 spiro atoms. The number of amides is 2. The minimum atomic E-state index is -2.73. The summed E-state index contributed by atoms with van der Waals surface area (Å²) in [6.07, 6.45) is -1.50. The zero-order valence-electron chi connectivity index (χ0n) is 25.3. The Morgan fingerprint density at radius 2 is 1.39 bits per heavy atom. The van der Waals surface area contributed by atoms with Crippen molar-refractivity contribution in [3.8, 4) is 0 Å². The van der Waals surface area contributed by atoms with Crippen LogP contribution in [0.5, 0.6) is 0 Å². The van der Waals surface area contributed by atoms with Crippen molar-refractivity contribution < 1.29 is 28.6 Å². The maximum atomic E-state index is 12.7. The van der Waals surface area contributed by atoms with Crippen LogP contribution in [0.3, 0.4) is 0 Å². The van der Waals surface area contributed by atoms with Gasteiger partial charge in [-0.2, -0.15) is 0 Å². The fraction of sp³-hybridized carbons (Fsp3) is 0.630. The van der Waals surface area contributed by atoms with Crippen LogP contribution in [0, 0.1) is 0 Å². The zero-order valence-corrected chi connectivity index (χ0v) is 29.1. The van der Waals surface area contributed by atoms with Crippen molar-refractivity contribution in [2.45, 2.75) is 99.8 Å². The third-order valence-electron chi connectivity index (χ3n) is 4.89. The van der Waals surface area contributed by atoms with E-state index >= 15 is 0 Å². The van der Waals surface area contributed by atoms with Crippen molar-refractivity contribution in [3.63, 3.8) is 0 Å². The number of carbonyl (C=O) groups excluding carboxylic acids is 3. The number of guanidine groups is 1. The van der Waals surface area contributed by atoms with E-state index in [1.807, 2.05) is 12.1 Å². The number of aliphatic imine (C=N–C) groups is 1. The molecule has 2 N–H and O–H groups in total. The molecule has 214 valence electrons. The second-order valence-electron chi connectivity index (χ2n) is 13.5. The first-order chi connectivity index (χ1) is 17.1. The van der Waals surface area contributed by atoms with Crippen LogP contribution in [0.2, 0.25) is 40.5 Å². The van der Waals surface area contributed by atoms with Gasteiger partial charge in [0.1, 0.15) is 0 Å². The molecule has 2 amide bonds. The molecule has 1 aromatic carbocycles. The van der Waals surface area contributed by atoms with Crippen molar-refractivity contribution in [1.82, 2.24) is 10.6 Å². The molecular formula is C27H47N3O6SiSn. The van der Waals surface area contributed by atoms with Gasteiger partial charge in [-0.25, -0.2) is 0 Å². The number of benzene rings is 1. The first-order valence-corrected chi connectivity index (χ1v) is 26.6. The third kappa shape index (κ3) is 14.2. The van der Waals surface area contributed by atoms with Crippen molar-refractivity contribution in [3.05, 3.63) is 29.3 Å². The van der Waals surface area contributed by atoms with E-state index in [9.17, 15) is 14.4 Å². The quantitative estimate of drug-likeness (QED) is 0.129. The number of carbonyl (C=O) groups is 3. The van der Waals surface area contributed by atoms with Crippen LogP contribution in [0.1, 0.15) is 57.5 Å². The second-order valence-corrected chi connectivity index (χ2v) is 33.5. The predicted octanol–water partition coefficient (Wildman–Crippen LogP) is 5.63. The molecule has 0 heterocycles. The van der Waals surface area contributed by atoms with E-state index in [2.05, 4.69) is 50.1 Å². The predicted molar refractivity (Wildman–Crippen MR) is 158 cm³/mol. The summed E-state index contributed by atoms with van der Waals surface area (Å²) >= 11 is -2.73. The van der Waals surface area contributed by atoms with Crippen molar-refractivity contribution in [2.24, 2.45) is 4.99 Å². The van der Waals surface area contributed by atoms with Gasteiger partial charge in [-0.3, -0.25) is 0 Å². The normalized spacial score (nSPS) is 12.3. The Balaban J connectivity index is 3.23. The number of nitrogens with zero attached hydrogens (tertiary/aromatic N) is 1. The van der Waals surface area contributed by atoms with Gasteiger partial charge in [-0.15, -0.1) is 0 Å². The number of hydrogen-bond donors (Lipinski definition) is 2. The van der Waals surface area contributed by atoms with E-state index in [-0.39, 0.29) is 18.5 Å². The Bertz CT molecular complexity index is 999. The van der Waals surface area contributed by atoms with E-state index in [1.165, 1.54) is 0 Å². The van der Waals surface area contributed by atoms with Crippen molar-refractivity contribution in [1.29, 1.82) is 0 Å². The number of esters is 1. The van der Waals surface area contributed by atoms with E-state index in [1.54, 1.807) is 47.6 Å². The van der Waals surface area contributed by atoms with Crippen LogP contribution in [0.15, 0.2) is 23.2 Å².